The first-order chi connectivity index (χ1) is 8.33. The number of hydrogen-bond donors (Lipinski definition) is 2. The Bertz CT molecular complexity index is 481. The summed E-state index contributed by atoms with van der Waals surface area (Å²) in [4.78, 5) is 13.7. The highest BCUT2D eigenvalue weighted by molar-refractivity contribution is 9.10. The highest BCUT2D eigenvalue weighted by Gasteiger charge is 2.46. The SMILES string of the molecule is CC(C)C1(O)CN(C(=O)c2cc(Br)ccc2O)C1. The molecular formula is C13H16BrNO3. The van der Waals surface area contributed by atoms with E-state index < -0.39 is 5.60 Å². The molecule has 18 heavy (non-hydrogen) atoms. The molecule has 2 rings (SSSR count). The van der Waals surface area contributed by atoms with Crippen LogP contribution in [-0.4, -0.2) is 39.7 Å². The van der Waals surface area contributed by atoms with Crippen LogP contribution in [0.25, 0.3) is 0 Å². The van der Waals surface area contributed by atoms with Crippen LogP contribution < -0.4 is 0 Å². The summed E-state index contributed by atoms with van der Waals surface area (Å²) in [6.45, 7) is 4.49. The number of amides is 1. The van der Waals surface area contributed by atoms with Crippen LogP contribution in [0, 0.1) is 5.92 Å². The normalized spacial score (nSPS) is 17.7. The summed E-state index contributed by atoms with van der Waals surface area (Å²) in [7, 11) is 0. The number of β-amino-alcohol motifs (C(OH)–C–C–N with tert-alkyl or cyclic N) is 1. The summed E-state index contributed by atoms with van der Waals surface area (Å²) < 4.78 is 0.739. The molecule has 1 aliphatic heterocycles. The van der Waals surface area contributed by atoms with Gasteiger partial charge in [-0.3, -0.25) is 4.79 Å². The van der Waals surface area contributed by atoms with Crippen molar-refractivity contribution in [3.63, 3.8) is 0 Å². The van der Waals surface area contributed by atoms with Crippen LogP contribution in [0.5, 0.6) is 5.75 Å². The van der Waals surface area contributed by atoms with Gasteiger partial charge < -0.3 is 15.1 Å². The maximum atomic E-state index is 12.1. The molecule has 0 unspecified atom stereocenters. The van der Waals surface area contributed by atoms with Gasteiger partial charge in [0, 0.05) is 4.47 Å². The lowest BCUT2D eigenvalue weighted by atomic mass is 9.82. The zero-order valence-electron chi connectivity index (χ0n) is 10.4. The molecule has 1 fully saturated rings. The number of likely N-dealkylation sites (tertiary alicyclic amines) is 1. The Balaban J connectivity index is 2.13. The third-order valence-electron chi connectivity index (χ3n) is 3.48. The number of nitrogens with zero attached hydrogens (tertiary/aromatic N) is 1. The molecule has 1 aromatic carbocycles. The van der Waals surface area contributed by atoms with Gasteiger partial charge in [0.1, 0.15) is 11.4 Å². The minimum absolute atomic E-state index is 0.0387. The van der Waals surface area contributed by atoms with Gasteiger partial charge in [-0.1, -0.05) is 29.8 Å². The molecular weight excluding hydrogens is 298 g/mol. The number of phenolic OH excluding ortho intramolecular Hbond substituents is 1. The zero-order chi connectivity index (χ0) is 13.5. The van der Waals surface area contributed by atoms with Gasteiger partial charge in [-0.15, -0.1) is 0 Å². The molecule has 1 heterocycles. The number of benzene rings is 1. The average Bonchev–Trinajstić information content (AvgIpc) is 2.27. The van der Waals surface area contributed by atoms with Gasteiger partial charge in [0.05, 0.1) is 18.7 Å². The summed E-state index contributed by atoms with van der Waals surface area (Å²) in [5.41, 5.74) is -0.535. The van der Waals surface area contributed by atoms with E-state index in [0.29, 0.717) is 13.1 Å². The van der Waals surface area contributed by atoms with Gasteiger partial charge in [0.25, 0.3) is 5.91 Å². The van der Waals surface area contributed by atoms with Crippen molar-refractivity contribution >= 4 is 21.8 Å². The van der Waals surface area contributed by atoms with Crippen molar-refractivity contribution in [1.29, 1.82) is 0 Å². The maximum absolute atomic E-state index is 12.1. The van der Waals surface area contributed by atoms with Crippen LogP contribution in [0.15, 0.2) is 22.7 Å². The van der Waals surface area contributed by atoms with Crippen LogP contribution >= 0.6 is 15.9 Å². The molecule has 0 bridgehead atoms. The van der Waals surface area contributed by atoms with Crippen molar-refractivity contribution in [3.8, 4) is 5.75 Å². The lowest BCUT2D eigenvalue weighted by molar-refractivity contribution is -0.110. The summed E-state index contributed by atoms with van der Waals surface area (Å²) in [6, 6.07) is 4.74. The number of halogens is 1. The van der Waals surface area contributed by atoms with Crippen LogP contribution in [0.4, 0.5) is 0 Å². The second-order valence-corrected chi connectivity index (χ2v) is 6.00. The summed E-state index contributed by atoms with van der Waals surface area (Å²) in [6.07, 6.45) is 0. The molecule has 2 N–H and O–H groups in total. The highest BCUT2D eigenvalue weighted by Crippen LogP contribution is 2.32. The number of carbonyl (C=O) groups is 1. The van der Waals surface area contributed by atoms with E-state index in [4.69, 9.17) is 0 Å². The Morgan fingerprint density at radius 1 is 1.44 bits per heavy atom. The van der Waals surface area contributed by atoms with Gasteiger partial charge in [-0.05, 0) is 24.1 Å². The fourth-order valence-corrected chi connectivity index (χ4v) is 2.33. The molecule has 0 aromatic heterocycles. The van der Waals surface area contributed by atoms with E-state index in [-0.39, 0.29) is 23.1 Å². The Labute approximate surface area is 114 Å². The molecule has 0 aliphatic carbocycles. The Morgan fingerprint density at radius 3 is 2.61 bits per heavy atom. The second kappa shape index (κ2) is 4.55. The fraction of sp³-hybridized carbons (Fsp3) is 0.462. The number of hydrogen-bond acceptors (Lipinski definition) is 3. The van der Waals surface area contributed by atoms with Gasteiger partial charge in [-0.2, -0.15) is 0 Å². The molecule has 1 aromatic rings. The first kappa shape index (κ1) is 13.4. The average molecular weight is 314 g/mol. The lowest BCUT2D eigenvalue weighted by Gasteiger charge is -2.49. The predicted octanol–water partition coefficient (Wildman–Crippen LogP) is 2.00. The van der Waals surface area contributed by atoms with E-state index in [0.717, 1.165) is 4.47 Å². The largest absolute Gasteiger partial charge is 0.507 e. The second-order valence-electron chi connectivity index (χ2n) is 5.08. The Kier molecular flexibility index (Phi) is 3.38. The van der Waals surface area contributed by atoms with Crippen LogP contribution in [0.3, 0.4) is 0 Å². The predicted molar refractivity (Wildman–Crippen MR) is 71.5 cm³/mol. The molecule has 0 spiro atoms. The third-order valence-corrected chi connectivity index (χ3v) is 3.97. The molecule has 0 atom stereocenters. The monoisotopic (exact) mass is 313 g/mol. The number of aliphatic hydroxyl groups is 1. The number of phenols is 1. The van der Waals surface area contributed by atoms with E-state index in [1.165, 1.54) is 6.07 Å². The summed E-state index contributed by atoms with van der Waals surface area (Å²) >= 11 is 3.27. The standard InChI is InChI=1S/C13H16BrNO3/c1-8(2)13(18)6-15(7-13)12(17)10-5-9(14)3-4-11(10)16/h3-5,8,16,18H,6-7H2,1-2H3. The molecule has 5 heteroatoms. The Morgan fingerprint density at radius 2 is 2.06 bits per heavy atom. The van der Waals surface area contributed by atoms with Crippen LogP contribution in [0.2, 0.25) is 0 Å². The van der Waals surface area contributed by atoms with E-state index >= 15 is 0 Å². The molecule has 98 valence electrons. The topological polar surface area (TPSA) is 60.8 Å². The van der Waals surface area contributed by atoms with Crippen LogP contribution in [0.1, 0.15) is 24.2 Å². The Hall–Kier alpha value is -1.07. The van der Waals surface area contributed by atoms with Crippen molar-refractivity contribution < 1.29 is 15.0 Å². The quantitative estimate of drug-likeness (QED) is 0.878. The third kappa shape index (κ3) is 2.24. The number of aromatic hydroxyl groups is 1. The summed E-state index contributed by atoms with van der Waals surface area (Å²) in [5.74, 6) is -0.181. The highest BCUT2D eigenvalue weighted by atomic mass is 79.9. The summed E-state index contributed by atoms with van der Waals surface area (Å²) in [5, 5.41) is 19.8. The molecule has 0 saturated carbocycles. The molecule has 1 amide bonds. The van der Waals surface area contributed by atoms with E-state index in [1.54, 1.807) is 17.0 Å². The minimum atomic E-state index is -0.794. The van der Waals surface area contributed by atoms with Gasteiger partial charge in [0.2, 0.25) is 0 Å². The zero-order valence-corrected chi connectivity index (χ0v) is 11.9. The molecule has 1 saturated heterocycles. The fourth-order valence-electron chi connectivity index (χ4n) is 1.97. The van der Waals surface area contributed by atoms with Crippen molar-refractivity contribution in [2.45, 2.75) is 19.4 Å². The first-order valence-electron chi connectivity index (χ1n) is 5.83. The van der Waals surface area contributed by atoms with Crippen molar-refractivity contribution in [2.24, 2.45) is 5.92 Å². The van der Waals surface area contributed by atoms with Crippen molar-refractivity contribution in [2.75, 3.05) is 13.1 Å². The van der Waals surface area contributed by atoms with Crippen molar-refractivity contribution in [1.82, 2.24) is 4.90 Å². The lowest BCUT2D eigenvalue weighted by Crippen LogP contribution is -2.65. The number of rotatable bonds is 2. The van der Waals surface area contributed by atoms with Gasteiger partial charge in [0.15, 0.2) is 0 Å². The number of carbonyl (C=O) groups excluding carboxylic acids is 1. The van der Waals surface area contributed by atoms with E-state index in [1.807, 2.05) is 13.8 Å². The molecule has 0 radical (unpaired) electrons. The maximum Gasteiger partial charge on any atom is 0.257 e. The van der Waals surface area contributed by atoms with E-state index in [2.05, 4.69) is 15.9 Å². The van der Waals surface area contributed by atoms with Crippen molar-refractivity contribution in [3.05, 3.63) is 28.2 Å². The van der Waals surface area contributed by atoms with Gasteiger partial charge in [-0.25, -0.2) is 0 Å². The first-order valence-corrected chi connectivity index (χ1v) is 6.63. The smallest absolute Gasteiger partial charge is 0.257 e. The molecule has 4 nitrogen and oxygen atoms in total. The minimum Gasteiger partial charge on any atom is -0.507 e. The molecule has 1 aliphatic rings. The van der Waals surface area contributed by atoms with Gasteiger partial charge >= 0.3 is 0 Å². The van der Waals surface area contributed by atoms with Crippen LogP contribution in [-0.2, 0) is 0 Å². The van der Waals surface area contributed by atoms with E-state index in [9.17, 15) is 15.0 Å².